The number of aromatic nitrogens is 4. The molecule has 1 fully saturated rings. The van der Waals surface area contributed by atoms with Crippen molar-refractivity contribution in [3.63, 3.8) is 0 Å². The van der Waals surface area contributed by atoms with E-state index in [1.54, 1.807) is 24.5 Å². The predicted molar refractivity (Wildman–Crippen MR) is 115 cm³/mol. The molecule has 10 nitrogen and oxygen atoms in total. The monoisotopic (exact) mass is 458 g/mol. The number of aromatic amines is 1. The molecule has 1 aliphatic carbocycles. The Kier molecular flexibility index (Phi) is 6.28. The van der Waals surface area contributed by atoms with Gasteiger partial charge in [0.1, 0.15) is 10.0 Å². The predicted octanol–water partition coefficient (Wildman–Crippen LogP) is 4.13. The number of thiazole rings is 1. The topological polar surface area (TPSA) is 150 Å². The normalized spacial score (nSPS) is 13.8. The third-order valence-electron chi connectivity index (χ3n) is 4.71. The fraction of sp³-hybridized carbons (Fsp3) is 0.263. The van der Waals surface area contributed by atoms with Gasteiger partial charge >= 0.3 is 12.0 Å². The van der Waals surface area contributed by atoms with Crippen LogP contribution in [0.15, 0.2) is 40.1 Å². The first-order chi connectivity index (χ1) is 15.0. The van der Waals surface area contributed by atoms with Crippen LogP contribution in [0.3, 0.4) is 0 Å². The van der Waals surface area contributed by atoms with E-state index in [1.165, 1.54) is 6.20 Å². The molecular weight excluding hydrogens is 440 g/mol. The lowest BCUT2D eigenvalue weighted by Crippen LogP contribution is -2.23. The molecule has 3 aromatic heterocycles. The molecule has 3 aromatic rings. The first-order valence-corrected chi connectivity index (χ1v) is 11.1. The van der Waals surface area contributed by atoms with Crippen LogP contribution in [0.25, 0.3) is 0 Å². The first-order valence-electron chi connectivity index (χ1n) is 9.50. The van der Waals surface area contributed by atoms with Crippen LogP contribution in [0.5, 0.6) is 0 Å². The van der Waals surface area contributed by atoms with Gasteiger partial charge in [-0.05, 0) is 36.7 Å². The summed E-state index contributed by atoms with van der Waals surface area (Å²) in [5, 5.41) is 15.1. The van der Waals surface area contributed by atoms with E-state index in [-0.39, 0.29) is 28.3 Å². The number of Topliss-reactive ketones (excluding diaryl/α,β-unsaturated/α-hetero) is 1. The molecule has 1 saturated carbocycles. The number of amides is 2. The number of ketones is 1. The van der Waals surface area contributed by atoms with Gasteiger partial charge in [-0.3, -0.25) is 15.4 Å². The zero-order valence-electron chi connectivity index (χ0n) is 16.1. The standard InChI is InChI=1S/C19H18N6O4S2/c26-13(10-4-1-2-5-10)11-6-3-7-20-14(11)24-17(29)25-19-23-12(15(27)28)16(31-19)30-18-21-8-9-22-18/h3,6-10H,1-2,4-5H2,(H,21,22)(H,27,28)(H2,20,23,24,25,29). The van der Waals surface area contributed by atoms with Gasteiger partial charge in [-0.15, -0.1) is 0 Å². The number of carboxylic acids is 1. The maximum absolute atomic E-state index is 12.8. The summed E-state index contributed by atoms with van der Waals surface area (Å²) < 4.78 is 0.368. The molecule has 160 valence electrons. The molecule has 2 amide bonds. The lowest BCUT2D eigenvalue weighted by molar-refractivity contribution is 0.0687. The quantitative estimate of drug-likeness (QED) is 0.386. The third-order valence-corrected chi connectivity index (χ3v) is 6.77. The fourth-order valence-electron chi connectivity index (χ4n) is 3.31. The summed E-state index contributed by atoms with van der Waals surface area (Å²) in [6.45, 7) is 0. The highest BCUT2D eigenvalue weighted by atomic mass is 32.2. The van der Waals surface area contributed by atoms with Gasteiger partial charge in [0.15, 0.2) is 21.8 Å². The van der Waals surface area contributed by atoms with Gasteiger partial charge in [-0.1, -0.05) is 24.2 Å². The highest BCUT2D eigenvalue weighted by Gasteiger charge is 2.27. The molecule has 0 radical (unpaired) electrons. The zero-order valence-corrected chi connectivity index (χ0v) is 17.8. The Morgan fingerprint density at radius 1 is 1.16 bits per heavy atom. The maximum Gasteiger partial charge on any atom is 0.356 e. The molecule has 4 rings (SSSR count). The molecular formula is C19H18N6O4S2. The molecule has 0 spiro atoms. The molecule has 0 aliphatic heterocycles. The van der Waals surface area contributed by atoms with Crippen LogP contribution in [0.2, 0.25) is 0 Å². The van der Waals surface area contributed by atoms with Crippen molar-refractivity contribution < 1.29 is 19.5 Å². The minimum Gasteiger partial charge on any atom is -0.476 e. The van der Waals surface area contributed by atoms with Crippen LogP contribution >= 0.6 is 23.1 Å². The highest BCUT2D eigenvalue weighted by Crippen LogP contribution is 2.36. The van der Waals surface area contributed by atoms with Crippen LogP contribution in [0.4, 0.5) is 15.7 Å². The molecule has 0 bridgehead atoms. The van der Waals surface area contributed by atoms with E-state index in [9.17, 15) is 19.5 Å². The van der Waals surface area contributed by atoms with Gasteiger partial charge in [-0.25, -0.2) is 24.5 Å². The smallest absolute Gasteiger partial charge is 0.356 e. The van der Waals surface area contributed by atoms with E-state index >= 15 is 0 Å². The van der Waals surface area contributed by atoms with Gasteiger partial charge in [0.2, 0.25) is 0 Å². The molecule has 12 heteroatoms. The Morgan fingerprint density at radius 2 is 1.97 bits per heavy atom. The lowest BCUT2D eigenvalue weighted by Gasteiger charge is -2.12. The highest BCUT2D eigenvalue weighted by molar-refractivity contribution is 8.01. The number of anilines is 2. The van der Waals surface area contributed by atoms with E-state index < -0.39 is 12.0 Å². The molecule has 0 unspecified atom stereocenters. The maximum atomic E-state index is 12.8. The Bertz CT molecular complexity index is 1110. The second kappa shape index (κ2) is 9.27. The van der Waals surface area contributed by atoms with E-state index in [0.717, 1.165) is 48.8 Å². The van der Waals surface area contributed by atoms with Crippen molar-refractivity contribution in [1.29, 1.82) is 0 Å². The fourth-order valence-corrected chi connectivity index (χ4v) is 5.28. The number of hydrogen-bond acceptors (Lipinski definition) is 8. The van der Waals surface area contributed by atoms with Gasteiger partial charge in [0.05, 0.1) is 5.56 Å². The summed E-state index contributed by atoms with van der Waals surface area (Å²) in [5.74, 6) is -1.13. The average molecular weight is 459 g/mol. The van der Waals surface area contributed by atoms with E-state index in [0.29, 0.717) is 14.9 Å². The number of hydrogen-bond donors (Lipinski definition) is 4. The largest absolute Gasteiger partial charge is 0.476 e. The van der Waals surface area contributed by atoms with Gasteiger partial charge < -0.3 is 10.1 Å². The number of carbonyl (C=O) groups excluding carboxylic acids is 2. The summed E-state index contributed by atoms with van der Waals surface area (Å²) in [5.41, 5.74) is 0.181. The second-order valence-electron chi connectivity index (χ2n) is 6.78. The summed E-state index contributed by atoms with van der Waals surface area (Å²) in [6.07, 6.45) is 8.38. The number of urea groups is 1. The molecule has 1 aliphatic rings. The molecule has 0 aromatic carbocycles. The van der Waals surface area contributed by atoms with Gasteiger partial charge in [-0.2, -0.15) is 0 Å². The van der Waals surface area contributed by atoms with Crippen molar-refractivity contribution in [2.45, 2.75) is 35.0 Å². The Morgan fingerprint density at radius 3 is 2.68 bits per heavy atom. The first kappa shape index (κ1) is 21.0. The van der Waals surface area contributed by atoms with E-state index in [1.807, 2.05) is 0 Å². The number of rotatable bonds is 7. The van der Waals surface area contributed by atoms with Crippen LogP contribution in [-0.2, 0) is 0 Å². The zero-order chi connectivity index (χ0) is 21.8. The summed E-state index contributed by atoms with van der Waals surface area (Å²) in [6, 6.07) is 2.64. The molecule has 3 heterocycles. The average Bonchev–Trinajstić information content (AvgIpc) is 3.50. The molecule has 4 N–H and O–H groups in total. The van der Waals surface area contributed by atoms with Crippen LogP contribution in [0, 0.1) is 5.92 Å². The van der Waals surface area contributed by atoms with Crippen molar-refractivity contribution in [3.8, 4) is 0 Å². The number of carbonyl (C=O) groups is 3. The number of H-pyrrole nitrogens is 1. The van der Waals surface area contributed by atoms with Crippen LogP contribution < -0.4 is 10.6 Å². The number of imidazole rings is 1. The van der Waals surface area contributed by atoms with Crippen molar-refractivity contribution in [2.75, 3.05) is 10.6 Å². The lowest BCUT2D eigenvalue weighted by atomic mass is 9.97. The van der Waals surface area contributed by atoms with E-state index in [4.69, 9.17) is 0 Å². The van der Waals surface area contributed by atoms with Crippen molar-refractivity contribution in [1.82, 2.24) is 19.9 Å². The second-order valence-corrected chi connectivity index (χ2v) is 9.04. The Labute approximate surface area is 184 Å². The number of aromatic carboxylic acids is 1. The number of carboxylic acid groups (broad SMARTS) is 1. The van der Waals surface area contributed by atoms with Gasteiger partial charge in [0.25, 0.3) is 0 Å². The van der Waals surface area contributed by atoms with Gasteiger partial charge in [0, 0.05) is 24.5 Å². The molecule has 0 saturated heterocycles. The number of pyridine rings is 1. The minimum atomic E-state index is -1.21. The SMILES string of the molecule is O=C(Nc1nc(C(=O)O)c(Sc2ncc[nH]2)s1)Nc1ncccc1C(=O)C1CCCC1. The number of nitrogens with zero attached hydrogens (tertiary/aromatic N) is 3. The van der Waals surface area contributed by atoms with Crippen molar-refractivity contribution in [2.24, 2.45) is 5.92 Å². The minimum absolute atomic E-state index is 0.0274. The summed E-state index contributed by atoms with van der Waals surface area (Å²) in [7, 11) is 0. The van der Waals surface area contributed by atoms with Crippen LogP contribution in [-0.4, -0.2) is 42.8 Å². The molecule has 0 atom stereocenters. The Balaban J connectivity index is 1.48. The van der Waals surface area contributed by atoms with Crippen molar-refractivity contribution in [3.05, 3.63) is 42.0 Å². The molecule has 31 heavy (non-hydrogen) atoms. The van der Waals surface area contributed by atoms with Crippen molar-refractivity contribution >= 4 is 51.8 Å². The summed E-state index contributed by atoms with van der Waals surface area (Å²) in [4.78, 5) is 51.8. The Hall–Kier alpha value is -3.25. The summed E-state index contributed by atoms with van der Waals surface area (Å²) >= 11 is 2.11. The number of nitrogens with one attached hydrogen (secondary N) is 3. The van der Waals surface area contributed by atoms with Crippen LogP contribution in [0.1, 0.15) is 46.5 Å². The van der Waals surface area contributed by atoms with E-state index in [2.05, 4.69) is 30.6 Å². The third kappa shape index (κ3) is 4.91.